The Bertz CT molecular complexity index is 1320. The maximum atomic E-state index is 14.3. The second-order valence-electron chi connectivity index (χ2n) is 8.40. The fourth-order valence-electron chi connectivity index (χ4n) is 3.97. The number of thiazole rings is 1. The number of benzene rings is 1. The smallest absolute Gasteiger partial charge is 0.259 e. The molecule has 1 aromatic carbocycles. The van der Waals surface area contributed by atoms with Crippen molar-refractivity contribution >= 4 is 39.1 Å². The number of carbonyl (C=O) groups excluding carboxylic acids is 1. The number of aromatic amines is 1. The molecule has 3 aromatic heterocycles. The van der Waals surface area contributed by atoms with Gasteiger partial charge in [-0.05, 0) is 26.0 Å². The van der Waals surface area contributed by atoms with Crippen LogP contribution in [-0.2, 0) is 13.0 Å². The summed E-state index contributed by atoms with van der Waals surface area (Å²) in [4.78, 5) is 27.3. The Morgan fingerprint density at radius 3 is 3.00 bits per heavy atom. The first-order chi connectivity index (χ1) is 15.2. The van der Waals surface area contributed by atoms with Gasteiger partial charge in [0, 0.05) is 24.9 Å². The SMILES string of the molecule is CC(C)(O)Cn1cc(C(=O)N2CCc3[nH]cnc3[C@H]2c2nc3c(F)cccc3s2)c(Cl)n1. The van der Waals surface area contributed by atoms with E-state index in [9.17, 15) is 14.3 Å². The van der Waals surface area contributed by atoms with E-state index in [1.165, 1.54) is 28.3 Å². The summed E-state index contributed by atoms with van der Waals surface area (Å²) in [5, 5.41) is 14.9. The van der Waals surface area contributed by atoms with E-state index in [1.807, 2.05) is 0 Å². The van der Waals surface area contributed by atoms with E-state index in [0.717, 1.165) is 5.69 Å². The van der Waals surface area contributed by atoms with Crippen LogP contribution in [0.4, 0.5) is 4.39 Å². The lowest BCUT2D eigenvalue weighted by Crippen LogP contribution is -2.40. The molecule has 11 heteroatoms. The first-order valence-electron chi connectivity index (χ1n) is 10.0. The Morgan fingerprint density at radius 2 is 2.25 bits per heavy atom. The van der Waals surface area contributed by atoms with Gasteiger partial charge in [0.05, 0.1) is 34.4 Å². The van der Waals surface area contributed by atoms with Crippen LogP contribution in [0.2, 0.25) is 5.15 Å². The molecule has 1 amide bonds. The van der Waals surface area contributed by atoms with Crippen LogP contribution in [0.5, 0.6) is 0 Å². The summed E-state index contributed by atoms with van der Waals surface area (Å²) >= 11 is 7.63. The first-order valence-corrected chi connectivity index (χ1v) is 11.2. The van der Waals surface area contributed by atoms with Crippen molar-refractivity contribution in [1.82, 2.24) is 29.6 Å². The molecule has 5 rings (SSSR count). The van der Waals surface area contributed by atoms with Crippen molar-refractivity contribution in [2.45, 2.75) is 38.5 Å². The van der Waals surface area contributed by atoms with E-state index in [2.05, 4.69) is 20.1 Å². The Morgan fingerprint density at radius 1 is 1.44 bits per heavy atom. The number of halogens is 2. The average molecular weight is 475 g/mol. The van der Waals surface area contributed by atoms with Crippen molar-refractivity contribution in [3.8, 4) is 0 Å². The molecule has 0 spiro atoms. The summed E-state index contributed by atoms with van der Waals surface area (Å²) in [5.74, 6) is -0.729. The number of nitrogens with zero attached hydrogens (tertiary/aromatic N) is 5. The fraction of sp³-hybridized carbons (Fsp3) is 0.333. The third-order valence-electron chi connectivity index (χ3n) is 5.30. The van der Waals surface area contributed by atoms with Gasteiger partial charge in [-0.2, -0.15) is 5.10 Å². The number of aromatic nitrogens is 5. The number of nitrogens with one attached hydrogen (secondary N) is 1. The highest BCUT2D eigenvalue weighted by atomic mass is 35.5. The number of carbonyl (C=O) groups is 1. The molecule has 4 heterocycles. The topological polar surface area (TPSA) is 99.9 Å². The van der Waals surface area contributed by atoms with Gasteiger partial charge in [-0.15, -0.1) is 11.3 Å². The van der Waals surface area contributed by atoms with Crippen molar-refractivity contribution in [3.05, 3.63) is 63.7 Å². The lowest BCUT2D eigenvalue weighted by Gasteiger charge is -2.33. The van der Waals surface area contributed by atoms with Crippen LogP contribution in [-0.4, -0.2) is 52.8 Å². The number of fused-ring (bicyclic) bond motifs is 2. The van der Waals surface area contributed by atoms with Gasteiger partial charge in [0.2, 0.25) is 0 Å². The largest absolute Gasteiger partial charge is 0.389 e. The summed E-state index contributed by atoms with van der Waals surface area (Å²) in [5.41, 5.74) is 1.09. The summed E-state index contributed by atoms with van der Waals surface area (Å²) in [6.07, 6.45) is 3.72. The monoisotopic (exact) mass is 474 g/mol. The van der Waals surface area contributed by atoms with Crippen molar-refractivity contribution in [2.75, 3.05) is 6.54 Å². The van der Waals surface area contributed by atoms with Crippen LogP contribution < -0.4 is 0 Å². The van der Waals surface area contributed by atoms with Crippen molar-refractivity contribution in [2.24, 2.45) is 0 Å². The van der Waals surface area contributed by atoms with Crippen LogP contribution in [0.15, 0.2) is 30.7 Å². The summed E-state index contributed by atoms with van der Waals surface area (Å²) < 4.78 is 16.5. The summed E-state index contributed by atoms with van der Waals surface area (Å²) in [6, 6.07) is 4.23. The molecule has 0 fully saturated rings. The molecule has 4 aromatic rings. The van der Waals surface area contributed by atoms with Crippen LogP contribution in [0.25, 0.3) is 10.2 Å². The Hall–Kier alpha value is -2.82. The highest BCUT2D eigenvalue weighted by molar-refractivity contribution is 7.18. The third-order valence-corrected chi connectivity index (χ3v) is 6.65. The van der Waals surface area contributed by atoms with Gasteiger partial charge in [0.1, 0.15) is 22.4 Å². The Labute approximate surface area is 191 Å². The number of rotatable bonds is 4. The van der Waals surface area contributed by atoms with Crippen LogP contribution in [0.1, 0.15) is 46.6 Å². The molecule has 0 saturated heterocycles. The first kappa shape index (κ1) is 21.0. The van der Waals surface area contributed by atoms with Crippen molar-refractivity contribution in [1.29, 1.82) is 0 Å². The number of hydrogen-bond acceptors (Lipinski definition) is 6. The van der Waals surface area contributed by atoms with Gasteiger partial charge in [-0.1, -0.05) is 17.7 Å². The van der Waals surface area contributed by atoms with E-state index < -0.39 is 17.5 Å². The van der Waals surface area contributed by atoms with Gasteiger partial charge in [-0.3, -0.25) is 9.48 Å². The average Bonchev–Trinajstić information content (AvgIpc) is 3.43. The van der Waals surface area contributed by atoms with Gasteiger partial charge in [0.15, 0.2) is 5.15 Å². The molecule has 0 unspecified atom stereocenters. The molecule has 166 valence electrons. The molecule has 0 bridgehead atoms. The molecule has 0 aliphatic carbocycles. The second-order valence-corrected chi connectivity index (χ2v) is 9.82. The van der Waals surface area contributed by atoms with Crippen LogP contribution in [0, 0.1) is 5.82 Å². The highest BCUT2D eigenvalue weighted by Gasteiger charge is 2.38. The van der Waals surface area contributed by atoms with E-state index in [-0.39, 0.29) is 28.7 Å². The van der Waals surface area contributed by atoms with E-state index in [4.69, 9.17) is 11.6 Å². The molecule has 1 aliphatic rings. The third kappa shape index (κ3) is 3.68. The predicted octanol–water partition coefficient (Wildman–Crippen LogP) is 3.57. The van der Waals surface area contributed by atoms with Crippen molar-refractivity contribution in [3.63, 3.8) is 0 Å². The number of aliphatic hydroxyl groups is 1. The standard InChI is InChI=1S/C21H20ClFN6O2S/c1-21(2,31)9-28-8-11(18(22)27-28)20(30)29-7-6-13-16(25-10-24-13)17(29)19-26-15-12(23)4-3-5-14(15)32-19/h3-5,8,10,17,31H,6-7,9H2,1-2H3,(H,24,25)/t17-/m0/s1. The second kappa shape index (κ2) is 7.65. The lowest BCUT2D eigenvalue weighted by atomic mass is 10.0. The Balaban J connectivity index is 1.57. The molecule has 32 heavy (non-hydrogen) atoms. The maximum absolute atomic E-state index is 14.3. The summed E-state index contributed by atoms with van der Waals surface area (Å²) in [6.45, 7) is 3.89. The van der Waals surface area contributed by atoms with Gasteiger partial charge in [-0.25, -0.2) is 14.4 Å². The minimum Gasteiger partial charge on any atom is -0.389 e. The predicted molar refractivity (Wildman–Crippen MR) is 118 cm³/mol. The lowest BCUT2D eigenvalue weighted by molar-refractivity contribution is 0.0574. The molecule has 0 radical (unpaired) electrons. The quantitative estimate of drug-likeness (QED) is 0.471. The Kier molecular flexibility index (Phi) is 5.03. The van der Waals surface area contributed by atoms with Crippen molar-refractivity contribution < 1.29 is 14.3 Å². The molecule has 1 atom stereocenters. The van der Waals surface area contributed by atoms with Gasteiger partial charge in [0.25, 0.3) is 5.91 Å². The maximum Gasteiger partial charge on any atom is 0.259 e. The number of hydrogen-bond donors (Lipinski definition) is 2. The molecular weight excluding hydrogens is 455 g/mol. The fourth-order valence-corrected chi connectivity index (χ4v) is 5.29. The van der Waals surface area contributed by atoms with Gasteiger partial charge >= 0.3 is 0 Å². The molecule has 0 saturated carbocycles. The molecule has 1 aliphatic heterocycles. The summed E-state index contributed by atoms with van der Waals surface area (Å²) in [7, 11) is 0. The normalized spacial score (nSPS) is 16.5. The van der Waals surface area contributed by atoms with Crippen LogP contribution in [0.3, 0.4) is 0 Å². The highest BCUT2D eigenvalue weighted by Crippen LogP contribution is 2.39. The molecule has 2 N–H and O–H groups in total. The number of para-hydroxylation sites is 1. The van der Waals surface area contributed by atoms with E-state index in [0.29, 0.717) is 28.4 Å². The molecular formula is C21H20ClFN6O2S. The van der Waals surface area contributed by atoms with Crippen LogP contribution >= 0.6 is 22.9 Å². The van der Waals surface area contributed by atoms with E-state index in [1.54, 1.807) is 37.2 Å². The molecule has 8 nitrogen and oxygen atoms in total. The van der Waals surface area contributed by atoms with E-state index >= 15 is 0 Å². The number of amides is 1. The zero-order valence-electron chi connectivity index (χ0n) is 17.3. The minimum absolute atomic E-state index is 0.0566. The minimum atomic E-state index is -1.02. The number of imidazole rings is 1. The zero-order chi connectivity index (χ0) is 22.6. The van der Waals surface area contributed by atoms with Gasteiger partial charge < -0.3 is 15.0 Å². The number of H-pyrrole nitrogens is 1. The zero-order valence-corrected chi connectivity index (χ0v) is 18.9.